The first-order valence-electron chi connectivity index (χ1n) is 7.29. The van der Waals surface area contributed by atoms with Crippen LogP contribution in [0.1, 0.15) is 53.4 Å². The van der Waals surface area contributed by atoms with Crippen LogP contribution in [-0.4, -0.2) is 37.0 Å². The van der Waals surface area contributed by atoms with Crippen molar-refractivity contribution in [1.82, 2.24) is 10.2 Å². The van der Waals surface area contributed by atoms with E-state index in [4.69, 9.17) is 0 Å². The number of unbranched alkanes of at least 4 members (excludes halogenated alkanes) is 1. The molecule has 0 aromatic carbocycles. The maximum Gasteiger partial charge on any atom is 0.222 e. The van der Waals surface area contributed by atoms with Gasteiger partial charge in [0.25, 0.3) is 0 Å². The van der Waals surface area contributed by atoms with Crippen LogP contribution in [0.5, 0.6) is 0 Å². The van der Waals surface area contributed by atoms with E-state index < -0.39 is 0 Å². The molecule has 1 N–H and O–H groups in total. The summed E-state index contributed by atoms with van der Waals surface area (Å²) in [4.78, 5) is 14.0. The summed E-state index contributed by atoms with van der Waals surface area (Å²) in [6.07, 6.45) is 4.28. The van der Waals surface area contributed by atoms with Gasteiger partial charge in [-0.1, -0.05) is 27.2 Å². The quantitative estimate of drug-likeness (QED) is 0.739. The zero-order valence-electron chi connectivity index (χ0n) is 12.8. The van der Waals surface area contributed by atoms with E-state index in [-0.39, 0.29) is 5.41 Å². The number of rotatable bonds is 6. The van der Waals surface area contributed by atoms with Crippen molar-refractivity contribution in [3.8, 4) is 0 Å². The summed E-state index contributed by atoms with van der Waals surface area (Å²) in [5.41, 5.74) is 0.255. The van der Waals surface area contributed by atoms with Crippen LogP contribution >= 0.6 is 0 Å². The van der Waals surface area contributed by atoms with Gasteiger partial charge in [-0.3, -0.25) is 4.79 Å². The number of amides is 1. The first kappa shape index (κ1) is 15.5. The number of carbonyl (C=O) groups is 1. The van der Waals surface area contributed by atoms with Crippen LogP contribution in [0.15, 0.2) is 0 Å². The van der Waals surface area contributed by atoms with Crippen molar-refractivity contribution in [3.05, 3.63) is 0 Å². The molecule has 2 unspecified atom stereocenters. The fourth-order valence-corrected chi connectivity index (χ4v) is 2.47. The van der Waals surface area contributed by atoms with Gasteiger partial charge >= 0.3 is 0 Å². The Kier molecular flexibility index (Phi) is 5.64. The molecule has 0 aromatic rings. The number of nitrogens with zero attached hydrogens (tertiary/aromatic N) is 1. The van der Waals surface area contributed by atoms with Gasteiger partial charge in [0.1, 0.15) is 0 Å². The minimum atomic E-state index is 0.255. The molecule has 1 amide bonds. The second kappa shape index (κ2) is 6.55. The topological polar surface area (TPSA) is 32.3 Å². The third kappa shape index (κ3) is 4.60. The summed E-state index contributed by atoms with van der Waals surface area (Å²) < 4.78 is 0. The molecule has 1 saturated heterocycles. The summed E-state index contributed by atoms with van der Waals surface area (Å²) in [7, 11) is 2.00. The molecular weight excluding hydrogens is 224 g/mol. The van der Waals surface area contributed by atoms with Gasteiger partial charge in [-0.15, -0.1) is 0 Å². The van der Waals surface area contributed by atoms with Gasteiger partial charge < -0.3 is 10.2 Å². The van der Waals surface area contributed by atoms with Gasteiger partial charge in [0.05, 0.1) is 0 Å². The van der Waals surface area contributed by atoms with E-state index >= 15 is 0 Å². The Morgan fingerprint density at radius 2 is 2.06 bits per heavy atom. The Hall–Kier alpha value is -0.570. The molecule has 3 heteroatoms. The van der Waals surface area contributed by atoms with Gasteiger partial charge in [-0.05, 0) is 38.1 Å². The van der Waals surface area contributed by atoms with E-state index in [2.05, 4.69) is 37.9 Å². The summed E-state index contributed by atoms with van der Waals surface area (Å²) in [6, 6.07) is 0.585. The lowest BCUT2D eigenvalue weighted by atomic mass is 9.80. The van der Waals surface area contributed by atoms with E-state index in [0.29, 0.717) is 17.9 Å². The van der Waals surface area contributed by atoms with Crippen LogP contribution in [0.25, 0.3) is 0 Å². The second-order valence-electron chi connectivity index (χ2n) is 6.79. The Labute approximate surface area is 112 Å². The highest BCUT2D eigenvalue weighted by Crippen LogP contribution is 2.34. The first-order valence-corrected chi connectivity index (χ1v) is 7.29. The average Bonchev–Trinajstić information content (AvgIpc) is 2.66. The number of hydrogen-bond acceptors (Lipinski definition) is 2. The first-order chi connectivity index (χ1) is 8.34. The molecule has 0 aromatic heterocycles. The Bertz CT molecular complexity index is 270. The van der Waals surface area contributed by atoms with Crippen molar-refractivity contribution in [2.75, 3.05) is 20.1 Å². The third-order valence-corrected chi connectivity index (χ3v) is 4.25. The SMILES string of the molecule is CNC(C)CCCCN1CC(C(C)(C)C)CC1=O. The molecule has 1 aliphatic rings. The lowest BCUT2D eigenvalue weighted by molar-refractivity contribution is -0.127. The van der Waals surface area contributed by atoms with Crippen LogP contribution in [0.2, 0.25) is 0 Å². The summed E-state index contributed by atoms with van der Waals surface area (Å²) in [5, 5.41) is 3.25. The van der Waals surface area contributed by atoms with E-state index in [1.807, 2.05) is 7.05 Å². The Morgan fingerprint density at radius 3 is 2.56 bits per heavy atom. The fraction of sp³-hybridized carbons (Fsp3) is 0.933. The molecule has 1 rings (SSSR count). The fourth-order valence-electron chi connectivity index (χ4n) is 2.47. The molecule has 0 bridgehead atoms. The molecule has 18 heavy (non-hydrogen) atoms. The standard InChI is InChI=1S/C15H30N2O/c1-12(16-5)8-6-7-9-17-11-13(10-14(17)18)15(2,3)4/h12-13,16H,6-11H2,1-5H3. The number of hydrogen-bond donors (Lipinski definition) is 1. The second-order valence-corrected chi connectivity index (χ2v) is 6.79. The molecule has 1 fully saturated rings. The van der Waals surface area contributed by atoms with Crippen LogP contribution in [0.3, 0.4) is 0 Å². The van der Waals surface area contributed by atoms with Crippen molar-refractivity contribution in [3.63, 3.8) is 0 Å². The number of likely N-dealkylation sites (tertiary alicyclic amines) is 1. The van der Waals surface area contributed by atoms with Gasteiger partial charge in [-0.25, -0.2) is 0 Å². The highest BCUT2D eigenvalue weighted by Gasteiger charge is 2.36. The lowest BCUT2D eigenvalue weighted by Gasteiger charge is -2.26. The van der Waals surface area contributed by atoms with Crippen molar-refractivity contribution in [2.24, 2.45) is 11.3 Å². The minimum absolute atomic E-state index is 0.255. The van der Waals surface area contributed by atoms with E-state index in [0.717, 1.165) is 25.9 Å². The van der Waals surface area contributed by atoms with Crippen LogP contribution in [0.4, 0.5) is 0 Å². The van der Waals surface area contributed by atoms with Crippen molar-refractivity contribution >= 4 is 5.91 Å². The predicted octanol–water partition coefficient (Wildman–Crippen LogP) is 2.66. The van der Waals surface area contributed by atoms with E-state index in [1.165, 1.54) is 12.8 Å². The van der Waals surface area contributed by atoms with Gasteiger partial charge in [0, 0.05) is 25.6 Å². The molecule has 1 heterocycles. The molecule has 3 nitrogen and oxygen atoms in total. The predicted molar refractivity (Wildman–Crippen MR) is 76.5 cm³/mol. The molecule has 1 aliphatic heterocycles. The molecular formula is C15H30N2O. The van der Waals surface area contributed by atoms with Crippen LogP contribution in [-0.2, 0) is 4.79 Å². The van der Waals surface area contributed by atoms with Gasteiger partial charge in [-0.2, -0.15) is 0 Å². The zero-order chi connectivity index (χ0) is 13.8. The maximum atomic E-state index is 11.9. The maximum absolute atomic E-state index is 11.9. The van der Waals surface area contributed by atoms with E-state index in [1.54, 1.807) is 0 Å². The van der Waals surface area contributed by atoms with E-state index in [9.17, 15) is 4.79 Å². The highest BCUT2D eigenvalue weighted by atomic mass is 16.2. The minimum Gasteiger partial charge on any atom is -0.342 e. The monoisotopic (exact) mass is 254 g/mol. The average molecular weight is 254 g/mol. The van der Waals surface area contributed by atoms with Crippen molar-refractivity contribution in [2.45, 2.75) is 59.4 Å². The Balaban J connectivity index is 2.26. The zero-order valence-corrected chi connectivity index (χ0v) is 12.8. The highest BCUT2D eigenvalue weighted by molar-refractivity contribution is 5.78. The molecule has 0 radical (unpaired) electrons. The van der Waals surface area contributed by atoms with Gasteiger partial charge in [0.15, 0.2) is 0 Å². The van der Waals surface area contributed by atoms with Crippen molar-refractivity contribution in [1.29, 1.82) is 0 Å². The lowest BCUT2D eigenvalue weighted by Crippen LogP contribution is -2.29. The largest absolute Gasteiger partial charge is 0.342 e. The summed E-state index contributed by atoms with van der Waals surface area (Å²) in [5.74, 6) is 0.887. The van der Waals surface area contributed by atoms with Gasteiger partial charge in [0.2, 0.25) is 5.91 Å². The van der Waals surface area contributed by atoms with Crippen LogP contribution in [0, 0.1) is 11.3 Å². The number of carbonyl (C=O) groups excluding carboxylic acids is 1. The van der Waals surface area contributed by atoms with Crippen molar-refractivity contribution < 1.29 is 4.79 Å². The molecule has 2 atom stereocenters. The molecule has 106 valence electrons. The summed E-state index contributed by atoms with van der Waals surface area (Å²) in [6.45, 7) is 10.8. The third-order valence-electron chi connectivity index (χ3n) is 4.25. The molecule has 0 spiro atoms. The molecule has 0 aliphatic carbocycles. The molecule has 0 saturated carbocycles. The smallest absolute Gasteiger partial charge is 0.222 e. The number of nitrogens with one attached hydrogen (secondary N) is 1. The van der Waals surface area contributed by atoms with Crippen LogP contribution < -0.4 is 5.32 Å². The normalized spacial score (nSPS) is 22.6. The summed E-state index contributed by atoms with van der Waals surface area (Å²) >= 11 is 0. The Morgan fingerprint density at radius 1 is 1.39 bits per heavy atom.